The van der Waals surface area contributed by atoms with E-state index in [0.717, 1.165) is 54.1 Å². The van der Waals surface area contributed by atoms with Gasteiger partial charge in [0.05, 0.1) is 16.8 Å². The lowest BCUT2D eigenvalue weighted by atomic mass is 10.2. The maximum absolute atomic E-state index is 13.7. The number of nitrogens with one attached hydrogen (secondary N) is 1. The predicted octanol–water partition coefficient (Wildman–Crippen LogP) is 6.17. The number of nitrogens with zero attached hydrogens (tertiary/aromatic N) is 3. The van der Waals surface area contributed by atoms with Crippen molar-refractivity contribution in [3.05, 3.63) is 74.3 Å². The Balaban J connectivity index is 1.40. The number of benzene rings is 2. The molecule has 9 heteroatoms. The van der Waals surface area contributed by atoms with E-state index in [0.29, 0.717) is 21.3 Å². The molecule has 2 heterocycles. The van der Waals surface area contributed by atoms with Gasteiger partial charge in [-0.15, -0.1) is 11.3 Å². The number of fused-ring (bicyclic) bond motifs is 3. The van der Waals surface area contributed by atoms with Crippen LogP contribution in [0.2, 0.25) is 5.02 Å². The fourth-order valence-corrected chi connectivity index (χ4v) is 6.85. The van der Waals surface area contributed by atoms with E-state index in [1.54, 1.807) is 28.0 Å². The first-order valence-electron chi connectivity index (χ1n) is 12.1. The number of amides is 1. The van der Waals surface area contributed by atoms with Crippen molar-refractivity contribution in [3.63, 3.8) is 0 Å². The van der Waals surface area contributed by atoms with E-state index in [1.165, 1.54) is 16.6 Å². The molecule has 0 unspecified atom stereocenters. The summed E-state index contributed by atoms with van der Waals surface area (Å²) in [7, 11) is 0. The van der Waals surface area contributed by atoms with E-state index in [2.05, 4.69) is 24.1 Å². The molecule has 0 fully saturated rings. The Bertz CT molecular complexity index is 1460. The lowest BCUT2D eigenvalue weighted by molar-refractivity contribution is -0.113. The monoisotopic (exact) mass is 538 g/mol. The van der Waals surface area contributed by atoms with Crippen LogP contribution in [-0.2, 0) is 17.6 Å². The Morgan fingerprint density at radius 2 is 1.83 bits per heavy atom. The Morgan fingerprint density at radius 1 is 1.11 bits per heavy atom. The zero-order valence-corrected chi connectivity index (χ0v) is 22.6. The zero-order chi connectivity index (χ0) is 25.2. The van der Waals surface area contributed by atoms with Crippen LogP contribution in [0.1, 0.15) is 30.7 Å². The zero-order valence-electron chi connectivity index (χ0n) is 20.2. The minimum Gasteiger partial charge on any atom is -0.372 e. The number of carbonyl (C=O) groups is 1. The molecule has 6 nitrogen and oxygen atoms in total. The summed E-state index contributed by atoms with van der Waals surface area (Å²) in [6, 6.07) is 15.0. The van der Waals surface area contributed by atoms with Gasteiger partial charge in [0.25, 0.3) is 5.56 Å². The van der Waals surface area contributed by atoms with Gasteiger partial charge < -0.3 is 10.2 Å². The molecule has 1 aliphatic carbocycles. The van der Waals surface area contributed by atoms with Gasteiger partial charge in [0.15, 0.2) is 5.16 Å². The van der Waals surface area contributed by atoms with Gasteiger partial charge in [0, 0.05) is 34.4 Å². The van der Waals surface area contributed by atoms with Crippen molar-refractivity contribution >= 4 is 62.2 Å². The Morgan fingerprint density at radius 3 is 2.53 bits per heavy atom. The van der Waals surface area contributed by atoms with Crippen molar-refractivity contribution in [2.24, 2.45) is 0 Å². The predicted molar refractivity (Wildman–Crippen MR) is 152 cm³/mol. The quantitative estimate of drug-likeness (QED) is 0.215. The molecule has 0 saturated carbocycles. The minimum absolute atomic E-state index is 0.0865. The largest absolute Gasteiger partial charge is 0.372 e. The van der Waals surface area contributed by atoms with Gasteiger partial charge in [0.1, 0.15) is 4.83 Å². The number of hydrogen-bond donors (Lipinski definition) is 1. The van der Waals surface area contributed by atoms with E-state index >= 15 is 0 Å². The molecular weight excluding hydrogens is 512 g/mol. The van der Waals surface area contributed by atoms with Crippen LogP contribution in [0.3, 0.4) is 0 Å². The number of halogens is 1. The van der Waals surface area contributed by atoms with Crippen LogP contribution in [0, 0.1) is 0 Å². The smallest absolute Gasteiger partial charge is 0.267 e. The summed E-state index contributed by atoms with van der Waals surface area (Å²) in [5.74, 6) is -0.0183. The van der Waals surface area contributed by atoms with E-state index < -0.39 is 0 Å². The van der Waals surface area contributed by atoms with Crippen molar-refractivity contribution in [2.45, 2.75) is 38.3 Å². The molecule has 0 aliphatic heterocycles. The number of hydrogen-bond acceptors (Lipinski definition) is 6. The lowest BCUT2D eigenvalue weighted by Crippen LogP contribution is -2.23. The third-order valence-corrected chi connectivity index (χ3v) is 8.78. The highest BCUT2D eigenvalue weighted by Gasteiger charge is 2.24. The number of rotatable bonds is 8. The fraction of sp³-hybridized carbons (Fsp3) is 0.296. The molecule has 186 valence electrons. The van der Waals surface area contributed by atoms with Crippen molar-refractivity contribution in [3.8, 4) is 5.69 Å². The molecular formula is C27H27ClN4O2S2. The molecule has 0 bridgehead atoms. The number of anilines is 2. The van der Waals surface area contributed by atoms with Crippen LogP contribution >= 0.6 is 34.7 Å². The molecule has 2 aromatic heterocycles. The second-order valence-corrected chi connectivity index (χ2v) is 11.1. The summed E-state index contributed by atoms with van der Waals surface area (Å²) >= 11 is 8.96. The van der Waals surface area contributed by atoms with Gasteiger partial charge in [-0.25, -0.2) is 4.98 Å². The third kappa shape index (κ3) is 4.90. The fourth-order valence-electron chi connectivity index (χ4n) is 4.61. The number of thioether (sulfide) groups is 1. The molecule has 1 amide bonds. The summed E-state index contributed by atoms with van der Waals surface area (Å²) in [6.45, 7) is 6.10. The first-order valence-corrected chi connectivity index (χ1v) is 14.3. The van der Waals surface area contributed by atoms with Crippen LogP contribution in [0.15, 0.2) is 58.5 Å². The van der Waals surface area contributed by atoms with Crippen molar-refractivity contribution in [1.29, 1.82) is 0 Å². The number of aryl methyl sites for hydroxylation is 2. The Kier molecular flexibility index (Phi) is 7.37. The van der Waals surface area contributed by atoms with Gasteiger partial charge in [-0.1, -0.05) is 23.4 Å². The van der Waals surface area contributed by atoms with Crippen molar-refractivity contribution in [1.82, 2.24) is 9.55 Å². The van der Waals surface area contributed by atoms with E-state index in [1.807, 2.05) is 36.4 Å². The standard InChI is InChI=1S/C27H27ClN4O2S2/c1-3-31(4-2)19-14-10-18(11-15-19)29-23(33)16-35-27-30-25-24(21-6-5-7-22(21)36-25)26(34)32(27)20-12-8-17(28)9-13-20/h8-15H,3-7,16H2,1-2H3,(H,29,33). The SMILES string of the molecule is CCN(CC)c1ccc(NC(=O)CSc2nc3sc4c(c3c(=O)n2-c2ccc(Cl)cc2)CCC4)cc1. The van der Waals surface area contributed by atoms with Gasteiger partial charge in [-0.05, 0) is 87.2 Å². The average molecular weight is 539 g/mol. The van der Waals surface area contributed by atoms with Gasteiger partial charge >= 0.3 is 0 Å². The van der Waals surface area contributed by atoms with E-state index in [4.69, 9.17) is 16.6 Å². The molecule has 0 saturated heterocycles. The molecule has 0 spiro atoms. The number of thiophene rings is 1. The minimum atomic E-state index is -0.152. The highest BCUT2D eigenvalue weighted by molar-refractivity contribution is 7.99. The molecule has 36 heavy (non-hydrogen) atoms. The topological polar surface area (TPSA) is 67.2 Å². The molecule has 5 rings (SSSR count). The number of carbonyl (C=O) groups excluding carboxylic acids is 1. The average Bonchev–Trinajstić information content (AvgIpc) is 3.46. The summed E-state index contributed by atoms with van der Waals surface area (Å²) in [5.41, 5.74) is 3.60. The molecule has 0 atom stereocenters. The number of aromatic nitrogens is 2. The second-order valence-electron chi connectivity index (χ2n) is 8.60. The second kappa shape index (κ2) is 10.7. The highest BCUT2D eigenvalue weighted by atomic mass is 35.5. The summed E-state index contributed by atoms with van der Waals surface area (Å²) in [6.07, 6.45) is 2.98. The molecule has 1 aliphatic rings. The molecule has 4 aromatic rings. The Hall–Kier alpha value is -2.81. The van der Waals surface area contributed by atoms with Gasteiger partial charge in [0.2, 0.25) is 5.91 Å². The lowest BCUT2D eigenvalue weighted by Gasteiger charge is -2.21. The summed E-state index contributed by atoms with van der Waals surface area (Å²) in [5, 5.41) is 4.77. The van der Waals surface area contributed by atoms with Gasteiger partial charge in [-0.2, -0.15) is 0 Å². The highest BCUT2D eigenvalue weighted by Crippen LogP contribution is 2.36. The van der Waals surface area contributed by atoms with E-state index in [9.17, 15) is 9.59 Å². The first kappa shape index (κ1) is 24.9. The van der Waals surface area contributed by atoms with Crippen LogP contribution in [0.5, 0.6) is 0 Å². The Labute approximate surface area is 223 Å². The maximum atomic E-state index is 13.7. The molecule has 0 radical (unpaired) electrons. The maximum Gasteiger partial charge on any atom is 0.267 e. The normalized spacial score (nSPS) is 12.6. The van der Waals surface area contributed by atoms with Crippen molar-refractivity contribution in [2.75, 3.05) is 29.1 Å². The van der Waals surface area contributed by atoms with Crippen LogP contribution in [0.25, 0.3) is 15.9 Å². The summed E-state index contributed by atoms with van der Waals surface area (Å²) < 4.78 is 1.61. The van der Waals surface area contributed by atoms with E-state index in [-0.39, 0.29) is 17.2 Å². The third-order valence-electron chi connectivity index (χ3n) is 6.40. The van der Waals surface area contributed by atoms with Crippen LogP contribution in [-0.4, -0.2) is 34.3 Å². The van der Waals surface area contributed by atoms with Crippen LogP contribution < -0.4 is 15.8 Å². The van der Waals surface area contributed by atoms with Gasteiger partial charge in [-0.3, -0.25) is 14.2 Å². The molecule has 2 aromatic carbocycles. The van der Waals surface area contributed by atoms with Crippen LogP contribution in [0.4, 0.5) is 11.4 Å². The molecule has 1 N–H and O–H groups in total. The first-order chi connectivity index (χ1) is 17.5. The van der Waals surface area contributed by atoms with Crippen molar-refractivity contribution < 1.29 is 4.79 Å². The summed E-state index contributed by atoms with van der Waals surface area (Å²) in [4.78, 5) is 35.6.